The lowest BCUT2D eigenvalue weighted by Crippen LogP contribution is -1.83. The fourth-order valence-electron chi connectivity index (χ4n) is 1.23. The molecule has 0 spiro atoms. The van der Waals surface area contributed by atoms with E-state index in [0.717, 1.165) is 5.92 Å². The van der Waals surface area contributed by atoms with Crippen LogP contribution in [0.5, 0.6) is 0 Å². The van der Waals surface area contributed by atoms with Crippen molar-refractivity contribution in [1.82, 2.24) is 0 Å². The summed E-state index contributed by atoms with van der Waals surface area (Å²) < 4.78 is 2.59. The molecular formula is C9H8BrI. The van der Waals surface area contributed by atoms with Crippen LogP contribution < -0.4 is 0 Å². The first-order valence-electron chi connectivity index (χ1n) is 3.72. The highest BCUT2D eigenvalue weighted by Gasteiger charge is 2.25. The lowest BCUT2D eigenvalue weighted by Gasteiger charge is -2.01. The van der Waals surface area contributed by atoms with Gasteiger partial charge in [-0.2, -0.15) is 0 Å². The number of hydrogen-bond acceptors (Lipinski definition) is 0. The van der Waals surface area contributed by atoms with Gasteiger partial charge in [-0.15, -0.1) is 0 Å². The molecule has 0 nitrogen and oxygen atoms in total. The van der Waals surface area contributed by atoms with Gasteiger partial charge in [-0.3, -0.25) is 0 Å². The largest absolute Gasteiger partial charge is 0.0566 e. The SMILES string of the molecule is Brc1ccc(C2CC2)c(I)c1. The summed E-state index contributed by atoms with van der Waals surface area (Å²) in [5.41, 5.74) is 1.54. The summed E-state index contributed by atoms with van der Waals surface area (Å²) in [7, 11) is 0. The minimum atomic E-state index is 0.870. The molecule has 1 saturated carbocycles. The molecule has 0 saturated heterocycles. The van der Waals surface area contributed by atoms with Crippen LogP contribution in [0.3, 0.4) is 0 Å². The first kappa shape index (κ1) is 8.05. The average Bonchev–Trinajstić information content (AvgIpc) is 2.70. The highest BCUT2D eigenvalue weighted by Crippen LogP contribution is 2.42. The summed E-state index contributed by atoms with van der Waals surface area (Å²) in [6.07, 6.45) is 2.77. The molecule has 1 aliphatic carbocycles. The van der Waals surface area contributed by atoms with Crippen LogP contribution in [0.25, 0.3) is 0 Å². The third-order valence-electron chi connectivity index (χ3n) is 1.98. The van der Waals surface area contributed by atoms with E-state index in [0.29, 0.717) is 0 Å². The van der Waals surface area contributed by atoms with Gasteiger partial charge in [0, 0.05) is 8.04 Å². The van der Waals surface area contributed by atoms with Crippen LogP contribution in [0, 0.1) is 3.57 Å². The molecule has 58 valence electrons. The van der Waals surface area contributed by atoms with Gasteiger partial charge in [-0.25, -0.2) is 0 Å². The highest BCUT2D eigenvalue weighted by molar-refractivity contribution is 14.1. The predicted molar refractivity (Wildman–Crippen MR) is 58.8 cm³/mol. The number of rotatable bonds is 1. The third kappa shape index (κ3) is 1.78. The fraction of sp³-hybridized carbons (Fsp3) is 0.333. The zero-order valence-corrected chi connectivity index (χ0v) is 9.72. The van der Waals surface area contributed by atoms with Crippen LogP contribution >= 0.6 is 38.5 Å². The molecule has 0 amide bonds. The molecule has 0 radical (unpaired) electrons. The van der Waals surface area contributed by atoms with E-state index in [2.05, 4.69) is 56.7 Å². The Kier molecular flexibility index (Phi) is 2.23. The van der Waals surface area contributed by atoms with E-state index in [1.165, 1.54) is 26.4 Å². The molecule has 2 rings (SSSR count). The fourth-order valence-corrected chi connectivity index (χ4v) is 2.97. The van der Waals surface area contributed by atoms with Crippen molar-refractivity contribution in [2.45, 2.75) is 18.8 Å². The zero-order valence-electron chi connectivity index (χ0n) is 5.98. The van der Waals surface area contributed by atoms with Crippen LogP contribution in [0.1, 0.15) is 24.3 Å². The second-order valence-corrected chi connectivity index (χ2v) is 5.02. The Morgan fingerprint density at radius 2 is 2.09 bits per heavy atom. The molecule has 0 bridgehead atoms. The Bertz CT molecular complexity index is 279. The van der Waals surface area contributed by atoms with Gasteiger partial charge in [0.05, 0.1) is 0 Å². The molecule has 0 aromatic heterocycles. The summed E-state index contributed by atoms with van der Waals surface area (Å²) in [6, 6.07) is 6.56. The van der Waals surface area contributed by atoms with Crippen LogP contribution in [0.15, 0.2) is 22.7 Å². The van der Waals surface area contributed by atoms with E-state index in [9.17, 15) is 0 Å². The average molecular weight is 323 g/mol. The third-order valence-corrected chi connectivity index (χ3v) is 3.41. The number of halogens is 2. The Labute approximate surface area is 88.6 Å². The van der Waals surface area contributed by atoms with Gasteiger partial charge in [0.1, 0.15) is 0 Å². The topological polar surface area (TPSA) is 0 Å². The van der Waals surface area contributed by atoms with Crippen LogP contribution in [-0.2, 0) is 0 Å². The van der Waals surface area contributed by atoms with E-state index >= 15 is 0 Å². The van der Waals surface area contributed by atoms with Gasteiger partial charge < -0.3 is 0 Å². The van der Waals surface area contributed by atoms with Gasteiger partial charge in [0.15, 0.2) is 0 Å². The predicted octanol–water partition coefficient (Wildman–Crippen LogP) is 3.93. The van der Waals surface area contributed by atoms with Crippen molar-refractivity contribution in [1.29, 1.82) is 0 Å². The van der Waals surface area contributed by atoms with Crippen molar-refractivity contribution in [3.8, 4) is 0 Å². The molecule has 0 unspecified atom stereocenters. The van der Waals surface area contributed by atoms with Gasteiger partial charge in [0.25, 0.3) is 0 Å². The minimum Gasteiger partial charge on any atom is -0.0566 e. The maximum atomic E-state index is 3.46. The monoisotopic (exact) mass is 322 g/mol. The van der Waals surface area contributed by atoms with E-state index in [1.54, 1.807) is 0 Å². The molecule has 0 aliphatic heterocycles. The van der Waals surface area contributed by atoms with Crippen molar-refractivity contribution >= 4 is 38.5 Å². The Morgan fingerprint density at radius 1 is 1.36 bits per heavy atom. The van der Waals surface area contributed by atoms with Crippen molar-refractivity contribution in [3.63, 3.8) is 0 Å². The van der Waals surface area contributed by atoms with E-state index in [4.69, 9.17) is 0 Å². The number of hydrogen-bond donors (Lipinski definition) is 0. The lowest BCUT2D eigenvalue weighted by molar-refractivity contribution is 1.11. The normalized spacial score (nSPS) is 16.9. The Hall–Kier alpha value is 0.430. The van der Waals surface area contributed by atoms with E-state index in [-0.39, 0.29) is 0 Å². The van der Waals surface area contributed by atoms with Gasteiger partial charge >= 0.3 is 0 Å². The van der Waals surface area contributed by atoms with Crippen molar-refractivity contribution < 1.29 is 0 Å². The quantitative estimate of drug-likeness (QED) is 0.687. The summed E-state index contributed by atoms with van der Waals surface area (Å²) >= 11 is 5.87. The summed E-state index contributed by atoms with van der Waals surface area (Å²) in [5.74, 6) is 0.870. The molecule has 1 aromatic carbocycles. The maximum Gasteiger partial charge on any atom is 0.0185 e. The molecular weight excluding hydrogens is 315 g/mol. The molecule has 0 heterocycles. The Morgan fingerprint density at radius 3 is 2.64 bits per heavy atom. The second-order valence-electron chi connectivity index (χ2n) is 2.94. The van der Waals surface area contributed by atoms with E-state index in [1.807, 2.05) is 0 Å². The van der Waals surface area contributed by atoms with Gasteiger partial charge in [0.2, 0.25) is 0 Å². The minimum absolute atomic E-state index is 0.870. The second kappa shape index (κ2) is 3.05. The highest BCUT2D eigenvalue weighted by atomic mass is 127. The molecule has 1 aromatic rings. The first-order valence-corrected chi connectivity index (χ1v) is 5.59. The van der Waals surface area contributed by atoms with Crippen LogP contribution in [-0.4, -0.2) is 0 Å². The summed E-state index contributed by atoms with van der Waals surface area (Å²) in [4.78, 5) is 0. The van der Waals surface area contributed by atoms with Crippen molar-refractivity contribution in [2.24, 2.45) is 0 Å². The van der Waals surface area contributed by atoms with Crippen molar-refractivity contribution in [2.75, 3.05) is 0 Å². The van der Waals surface area contributed by atoms with Crippen LogP contribution in [0.4, 0.5) is 0 Å². The molecule has 11 heavy (non-hydrogen) atoms. The molecule has 2 heteroatoms. The van der Waals surface area contributed by atoms with Crippen LogP contribution in [0.2, 0.25) is 0 Å². The number of benzene rings is 1. The zero-order chi connectivity index (χ0) is 7.84. The summed E-state index contributed by atoms with van der Waals surface area (Å²) in [6.45, 7) is 0. The first-order chi connectivity index (χ1) is 5.27. The Balaban J connectivity index is 2.39. The molecule has 1 aliphatic rings. The summed E-state index contributed by atoms with van der Waals surface area (Å²) in [5, 5.41) is 0. The maximum absolute atomic E-state index is 3.46. The smallest absolute Gasteiger partial charge is 0.0185 e. The van der Waals surface area contributed by atoms with Gasteiger partial charge in [-0.05, 0) is 59.0 Å². The van der Waals surface area contributed by atoms with Gasteiger partial charge in [-0.1, -0.05) is 22.0 Å². The standard InChI is InChI=1S/C9H8BrI/c10-7-3-4-8(6-1-2-6)9(11)5-7/h3-6H,1-2H2. The lowest BCUT2D eigenvalue weighted by atomic mass is 10.1. The molecule has 0 atom stereocenters. The molecule has 0 N–H and O–H groups in total. The molecule has 1 fully saturated rings. The van der Waals surface area contributed by atoms with E-state index < -0.39 is 0 Å². The van der Waals surface area contributed by atoms with Crippen molar-refractivity contribution in [3.05, 3.63) is 31.8 Å².